The summed E-state index contributed by atoms with van der Waals surface area (Å²) >= 11 is 0. The summed E-state index contributed by atoms with van der Waals surface area (Å²) in [5.74, 6) is 1.49. The molecule has 1 unspecified atom stereocenters. The topological polar surface area (TPSA) is 51.0 Å². The molecular weight excluding hydrogens is 250 g/mol. The van der Waals surface area contributed by atoms with Crippen LogP contribution in [-0.4, -0.2) is 23.2 Å². The van der Waals surface area contributed by atoms with Gasteiger partial charge in [0.2, 0.25) is 11.7 Å². The highest BCUT2D eigenvalue weighted by molar-refractivity contribution is 5.54. The van der Waals surface area contributed by atoms with E-state index >= 15 is 0 Å². The Balaban J connectivity index is 1.91. The summed E-state index contributed by atoms with van der Waals surface area (Å²) in [6.07, 6.45) is 3.30. The molecule has 1 N–H and O–H groups in total. The highest BCUT2D eigenvalue weighted by atomic mass is 16.5. The summed E-state index contributed by atoms with van der Waals surface area (Å²) in [5, 5.41) is 7.60. The average molecular weight is 271 g/mol. The molecule has 106 valence electrons. The number of hydrogen-bond acceptors (Lipinski definition) is 4. The van der Waals surface area contributed by atoms with E-state index in [9.17, 15) is 0 Å². The molecule has 0 amide bonds. The SMILES string of the molecule is CCCC1(c2nc(-c3ccc(C)cc3)no2)CCNC1. The molecule has 1 aromatic carbocycles. The van der Waals surface area contributed by atoms with Gasteiger partial charge in [0.25, 0.3) is 0 Å². The first-order chi connectivity index (χ1) is 9.73. The maximum atomic E-state index is 5.59. The zero-order valence-corrected chi connectivity index (χ0v) is 12.1. The number of nitrogens with one attached hydrogen (secondary N) is 1. The van der Waals surface area contributed by atoms with Crippen molar-refractivity contribution in [2.75, 3.05) is 13.1 Å². The van der Waals surface area contributed by atoms with Crippen molar-refractivity contribution in [1.29, 1.82) is 0 Å². The number of rotatable bonds is 4. The normalized spacial score (nSPS) is 22.3. The van der Waals surface area contributed by atoms with Gasteiger partial charge in [-0.1, -0.05) is 48.3 Å². The van der Waals surface area contributed by atoms with Crippen LogP contribution in [0.2, 0.25) is 0 Å². The van der Waals surface area contributed by atoms with Gasteiger partial charge >= 0.3 is 0 Å². The number of nitrogens with zero attached hydrogens (tertiary/aromatic N) is 2. The minimum Gasteiger partial charge on any atom is -0.338 e. The molecule has 2 heterocycles. The van der Waals surface area contributed by atoms with Crippen molar-refractivity contribution >= 4 is 0 Å². The number of hydrogen-bond donors (Lipinski definition) is 1. The number of aryl methyl sites for hydroxylation is 1. The van der Waals surface area contributed by atoms with Crippen LogP contribution in [0, 0.1) is 6.92 Å². The Bertz CT molecular complexity index is 568. The van der Waals surface area contributed by atoms with Gasteiger partial charge in [0.15, 0.2) is 0 Å². The highest BCUT2D eigenvalue weighted by Crippen LogP contribution is 2.35. The average Bonchev–Trinajstić information content (AvgIpc) is 3.09. The van der Waals surface area contributed by atoms with Crippen LogP contribution in [0.4, 0.5) is 0 Å². The van der Waals surface area contributed by atoms with E-state index < -0.39 is 0 Å². The van der Waals surface area contributed by atoms with Crippen LogP contribution in [-0.2, 0) is 5.41 Å². The van der Waals surface area contributed by atoms with Gasteiger partial charge in [0.05, 0.1) is 5.41 Å². The van der Waals surface area contributed by atoms with E-state index in [0.717, 1.165) is 43.8 Å². The molecule has 0 radical (unpaired) electrons. The largest absolute Gasteiger partial charge is 0.338 e. The summed E-state index contributed by atoms with van der Waals surface area (Å²) in [7, 11) is 0. The van der Waals surface area contributed by atoms with Gasteiger partial charge in [-0.05, 0) is 26.3 Å². The quantitative estimate of drug-likeness (QED) is 0.928. The minimum absolute atomic E-state index is 0.0324. The van der Waals surface area contributed by atoms with Crippen molar-refractivity contribution in [3.8, 4) is 11.4 Å². The minimum atomic E-state index is 0.0324. The predicted molar refractivity (Wildman–Crippen MR) is 78.5 cm³/mol. The fourth-order valence-electron chi connectivity index (χ4n) is 2.98. The maximum absolute atomic E-state index is 5.59. The molecule has 4 nitrogen and oxygen atoms in total. The maximum Gasteiger partial charge on any atom is 0.234 e. The summed E-state index contributed by atoms with van der Waals surface area (Å²) in [4.78, 5) is 4.67. The van der Waals surface area contributed by atoms with Crippen LogP contribution >= 0.6 is 0 Å². The molecule has 0 saturated carbocycles. The van der Waals surface area contributed by atoms with Gasteiger partial charge < -0.3 is 9.84 Å². The lowest BCUT2D eigenvalue weighted by atomic mass is 9.82. The van der Waals surface area contributed by atoms with Gasteiger partial charge in [0, 0.05) is 12.1 Å². The fourth-order valence-corrected chi connectivity index (χ4v) is 2.98. The second kappa shape index (κ2) is 5.37. The fraction of sp³-hybridized carbons (Fsp3) is 0.500. The van der Waals surface area contributed by atoms with E-state index in [1.165, 1.54) is 5.56 Å². The molecule has 0 spiro atoms. The van der Waals surface area contributed by atoms with E-state index in [0.29, 0.717) is 5.82 Å². The van der Waals surface area contributed by atoms with Crippen molar-refractivity contribution in [3.63, 3.8) is 0 Å². The molecule has 3 rings (SSSR count). The molecule has 1 aromatic heterocycles. The van der Waals surface area contributed by atoms with Crippen molar-refractivity contribution in [3.05, 3.63) is 35.7 Å². The lowest BCUT2D eigenvalue weighted by molar-refractivity contribution is 0.277. The molecular formula is C16H21N3O. The van der Waals surface area contributed by atoms with Crippen molar-refractivity contribution in [2.24, 2.45) is 0 Å². The Kier molecular flexibility index (Phi) is 3.57. The Morgan fingerprint density at radius 3 is 2.75 bits per heavy atom. The summed E-state index contributed by atoms with van der Waals surface area (Å²) in [6.45, 7) is 6.25. The third-order valence-electron chi connectivity index (χ3n) is 4.16. The molecule has 4 heteroatoms. The van der Waals surface area contributed by atoms with Crippen LogP contribution in [0.3, 0.4) is 0 Å². The van der Waals surface area contributed by atoms with E-state index in [-0.39, 0.29) is 5.41 Å². The molecule has 0 bridgehead atoms. The van der Waals surface area contributed by atoms with Crippen LogP contribution in [0.15, 0.2) is 28.8 Å². The second-order valence-corrected chi connectivity index (χ2v) is 5.75. The van der Waals surface area contributed by atoms with E-state index in [4.69, 9.17) is 4.52 Å². The molecule has 1 aliphatic rings. The molecule has 1 aliphatic heterocycles. The van der Waals surface area contributed by atoms with Crippen molar-refractivity contribution in [2.45, 2.75) is 38.5 Å². The lowest BCUT2D eigenvalue weighted by Gasteiger charge is -2.22. The zero-order chi connectivity index (χ0) is 14.0. The van der Waals surface area contributed by atoms with E-state index in [2.05, 4.69) is 41.4 Å². The Morgan fingerprint density at radius 2 is 2.10 bits per heavy atom. The van der Waals surface area contributed by atoms with Crippen LogP contribution in [0.1, 0.15) is 37.6 Å². The third kappa shape index (κ3) is 2.36. The molecule has 1 fully saturated rings. The highest BCUT2D eigenvalue weighted by Gasteiger charge is 2.40. The summed E-state index contributed by atoms with van der Waals surface area (Å²) in [5.41, 5.74) is 2.29. The first kappa shape index (κ1) is 13.3. The summed E-state index contributed by atoms with van der Waals surface area (Å²) < 4.78 is 5.59. The first-order valence-electron chi connectivity index (χ1n) is 7.35. The Morgan fingerprint density at radius 1 is 1.30 bits per heavy atom. The Labute approximate surface area is 119 Å². The third-order valence-corrected chi connectivity index (χ3v) is 4.16. The van der Waals surface area contributed by atoms with Crippen molar-refractivity contribution in [1.82, 2.24) is 15.5 Å². The second-order valence-electron chi connectivity index (χ2n) is 5.75. The van der Waals surface area contributed by atoms with Gasteiger partial charge in [-0.2, -0.15) is 4.98 Å². The van der Waals surface area contributed by atoms with Gasteiger partial charge in [-0.15, -0.1) is 0 Å². The molecule has 0 aliphatic carbocycles. The van der Waals surface area contributed by atoms with Crippen LogP contribution < -0.4 is 5.32 Å². The smallest absolute Gasteiger partial charge is 0.234 e. The lowest BCUT2D eigenvalue weighted by Crippen LogP contribution is -2.29. The zero-order valence-electron chi connectivity index (χ0n) is 12.1. The molecule has 1 saturated heterocycles. The van der Waals surface area contributed by atoms with Crippen LogP contribution in [0.5, 0.6) is 0 Å². The summed E-state index contributed by atoms with van der Waals surface area (Å²) in [6, 6.07) is 8.24. The van der Waals surface area contributed by atoms with E-state index in [1.54, 1.807) is 0 Å². The van der Waals surface area contributed by atoms with Gasteiger partial charge in [0.1, 0.15) is 0 Å². The predicted octanol–water partition coefficient (Wildman–Crippen LogP) is 3.08. The Hall–Kier alpha value is -1.68. The molecule has 2 aromatic rings. The number of benzene rings is 1. The van der Waals surface area contributed by atoms with E-state index in [1.807, 2.05) is 12.1 Å². The van der Waals surface area contributed by atoms with Crippen LogP contribution in [0.25, 0.3) is 11.4 Å². The monoisotopic (exact) mass is 271 g/mol. The number of aromatic nitrogens is 2. The standard InChI is InChI=1S/C16H21N3O/c1-3-8-16(9-10-17-11-16)15-18-14(19-20-15)13-6-4-12(2)5-7-13/h4-7,17H,3,8-11H2,1-2H3. The van der Waals surface area contributed by atoms with Crippen molar-refractivity contribution < 1.29 is 4.52 Å². The molecule has 1 atom stereocenters. The molecule has 20 heavy (non-hydrogen) atoms. The van der Waals surface area contributed by atoms with Gasteiger partial charge in [-0.3, -0.25) is 0 Å². The van der Waals surface area contributed by atoms with Gasteiger partial charge in [-0.25, -0.2) is 0 Å². The first-order valence-corrected chi connectivity index (χ1v) is 7.35.